The van der Waals surface area contributed by atoms with Crippen LogP contribution in [0.1, 0.15) is 25.8 Å². The van der Waals surface area contributed by atoms with Crippen molar-refractivity contribution >= 4 is 23.5 Å². The predicted molar refractivity (Wildman–Crippen MR) is 96.1 cm³/mol. The van der Waals surface area contributed by atoms with Crippen LogP contribution >= 0.6 is 11.6 Å². The van der Waals surface area contributed by atoms with Gasteiger partial charge in [-0.3, -0.25) is 5.43 Å². The summed E-state index contributed by atoms with van der Waals surface area (Å²) in [5, 5.41) is 4.78. The molecule has 0 bridgehead atoms. The van der Waals surface area contributed by atoms with E-state index in [0.29, 0.717) is 29.7 Å². The van der Waals surface area contributed by atoms with Crippen LogP contribution in [0.2, 0.25) is 5.02 Å². The first-order valence-corrected chi connectivity index (χ1v) is 8.05. The van der Waals surface area contributed by atoms with Gasteiger partial charge in [-0.25, -0.2) is 0 Å². The fourth-order valence-electron chi connectivity index (χ4n) is 1.93. The molecule has 0 saturated heterocycles. The Bertz CT molecular complexity index is 645. The zero-order valence-electron chi connectivity index (χ0n) is 13.4. The summed E-state index contributed by atoms with van der Waals surface area (Å²) in [6, 6.07) is 13.3. The number of nitrogens with one attached hydrogen (secondary N) is 1. The van der Waals surface area contributed by atoms with E-state index in [1.165, 1.54) is 0 Å². The SMILES string of the molecule is CCCOc1cc(Cl)c(C=NNc2ccccc2)cc1OCC. The Morgan fingerprint density at radius 1 is 1.09 bits per heavy atom. The summed E-state index contributed by atoms with van der Waals surface area (Å²) in [4.78, 5) is 0. The van der Waals surface area contributed by atoms with Gasteiger partial charge in [0, 0.05) is 11.6 Å². The maximum Gasteiger partial charge on any atom is 0.162 e. The highest BCUT2D eigenvalue weighted by Crippen LogP contribution is 2.33. The maximum atomic E-state index is 6.31. The van der Waals surface area contributed by atoms with Crippen LogP contribution in [0, 0.1) is 0 Å². The van der Waals surface area contributed by atoms with E-state index >= 15 is 0 Å². The number of hydrazone groups is 1. The molecule has 122 valence electrons. The van der Waals surface area contributed by atoms with Gasteiger partial charge in [-0.2, -0.15) is 5.10 Å². The van der Waals surface area contributed by atoms with Gasteiger partial charge in [0.2, 0.25) is 0 Å². The van der Waals surface area contributed by atoms with Crippen LogP contribution in [0.5, 0.6) is 11.5 Å². The summed E-state index contributed by atoms with van der Waals surface area (Å²) in [7, 11) is 0. The van der Waals surface area contributed by atoms with Gasteiger partial charge in [-0.1, -0.05) is 36.7 Å². The lowest BCUT2D eigenvalue weighted by Gasteiger charge is -2.13. The summed E-state index contributed by atoms with van der Waals surface area (Å²) in [6.07, 6.45) is 2.59. The van der Waals surface area contributed by atoms with E-state index in [4.69, 9.17) is 21.1 Å². The van der Waals surface area contributed by atoms with Gasteiger partial charge in [0.05, 0.1) is 30.1 Å². The maximum absolute atomic E-state index is 6.31. The van der Waals surface area contributed by atoms with E-state index in [-0.39, 0.29) is 0 Å². The minimum Gasteiger partial charge on any atom is -0.490 e. The van der Waals surface area contributed by atoms with Crippen LogP contribution < -0.4 is 14.9 Å². The Kier molecular flexibility index (Phi) is 6.76. The van der Waals surface area contributed by atoms with Gasteiger partial charge < -0.3 is 9.47 Å². The first-order valence-electron chi connectivity index (χ1n) is 7.67. The topological polar surface area (TPSA) is 42.8 Å². The first-order chi connectivity index (χ1) is 11.2. The van der Waals surface area contributed by atoms with Crippen molar-refractivity contribution in [2.24, 2.45) is 5.10 Å². The summed E-state index contributed by atoms with van der Waals surface area (Å²) in [5.41, 5.74) is 4.64. The van der Waals surface area contributed by atoms with Gasteiger partial charge in [0.15, 0.2) is 11.5 Å². The van der Waals surface area contributed by atoms with Crippen molar-refractivity contribution in [2.45, 2.75) is 20.3 Å². The van der Waals surface area contributed by atoms with E-state index in [2.05, 4.69) is 17.5 Å². The number of anilines is 1. The first kappa shape index (κ1) is 17.2. The monoisotopic (exact) mass is 332 g/mol. The molecule has 0 saturated carbocycles. The van der Waals surface area contributed by atoms with Gasteiger partial charge in [0.1, 0.15) is 0 Å². The van der Waals surface area contributed by atoms with Crippen LogP contribution in [0.3, 0.4) is 0 Å². The van der Waals surface area contributed by atoms with Crippen LogP contribution in [-0.2, 0) is 0 Å². The second-order valence-electron chi connectivity index (χ2n) is 4.84. The number of para-hydroxylation sites is 1. The zero-order valence-corrected chi connectivity index (χ0v) is 14.1. The molecule has 4 nitrogen and oxygen atoms in total. The normalized spacial score (nSPS) is 10.7. The minimum absolute atomic E-state index is 0.558. The molecule has 0 aromatic heterocycles. The van der Waals surface area contributed by atoms with E-state index < -0.39 is 0 Å². The van der Waals surface area contributed by atoms with Gasteiger partial charge in [-0.15, -0.1) is 0 Å². The van der Waals surface area contributed by atoms with Gasteiger partial charge >= 0.3 is 0 Å². The average molecular weight is 333 g/mol. The number of halogens is 1. The van der Waals surface area contributed by atoms with E-state index in [9.17, 15) is 0 Å². The summed E-state index contributed by atoms with van der Waals surface area (Å²) in [6.45, 7) is 5.17. The van der Waals surface area contributed by atoms with Crippen LogP contribution in [0.25, 0.3) is 0 Å². The molecule has 0 spiro atoms. The van der Waals surface area contributed by atoms with E-state index in [0.717, 1.165) is 17.7 Å². The predicted octanol–water partition coefficient (Wildman–Crippen LogP) is 4.97. The smallest absolute Gasteiger partial charge is 0.162 e. The standard InChI is InChI=1S/C18H21ClN2O2/c1-3-10-23-18-12-16(19)14(11-17(18)22-4-2)13-20-21-15-8-6-5-7-9-15/h5-9,11-13,21H,3-4,10H2,1-2H3. The molecule has 0 aliphatic carbocycles. The molecule has 1 N–H and O–H groups in total. The highest BCUT2D eigenvalue weighted by Gasteiger charge is 2.10. The zero-order chi connectivity index (χ0) is 16.5. The van der Waals surface area contributed by atoms with Crippen molar-refractivity contribution in [2.75, 3.05) is 18.6 Å². The molecular weight excluding hydrogens is 312 g/mol. The molecule has 5 heteroatoms. The molecule has 0 heterocycles. The number of hydrogen-bond donors (Lipinski definition) is 1. The van der Waals surface area contributed by atoms with Crippen molar-refractivity contribution < 1.29 is 9.47 Å². The van der Waals surface area contributed by atoms with E-state index in [1.807, 2.05) is 43.3 Å². The fraction of sp³-hybridized carbons (Fsp3) is 0.278. The molecule has 0 aliphatic rings. The third-order valence-electron chi connectivity index (χ3n) is 3.00. The van der Waals surface area contributed by atoms with Gasteiger partial charge in [-0.05, 0) is 31.5 Å². The lowest BCUT2D eigenvalue weighted by Crippen LogP contribution is -2.01. The second kappa shape index (κ2) is 9.06. The molecule has 2 aromatic carbocycles. The molecule has 0 aliphatic heterocycles. The van der Waals surface area contributed by atoms with Crippen molar-refractivity contribution in [3.8, 4) is 11.5 Å². The summed E-state index contributed by atoms with van der Waals surface area (Å²) < 4.78 is 11.3. The number of ether oxygens (including phenoxy) is 2. The van der Waals surface area contributed by atoms with Crippen molar-refractivity contribution in [1.82, 2.24) is 0 Å². The molecule has 23 heavy (non-hydrogen) atoms. The quantitative estimate of drug-likeness (QED) is 0.548. The molecule has 2 aromatic rings. The summed E-state index contributed by atoms with van der Waals surface area (Å²) in [5.74, 6) is 1.33. The van der Waals surface area contributed by atoms with Gasteiger partial charge in [0.25, 0.3) is 0 Å². The number of nitrogens with zero attached hydrogens (tertiary/aromatic N) is 1. The van der Waals surface area contributed by atoms with E-state index in [1.54, 1.807) is 12.3 Å². The molecule has 0 unspecified atom stereocenters. The molecule has 0 amide bonds. The Balaban J connectivity index is 2.15. The Morgan fingerprint density at radius 2 is 1.83 bits per heavy atom. The number of benzene rings is 2. The molecule has 0 radical (unpaired) electrons. The third kappa shape index (κ3) is 5.18. The Hall–Kier alpha value is -2.20. The fourth-order valence-corrected chi connectivity index (χ4v) is 2.13. The average Bonchev–Trinajstić information content (AvgIpc) is 2.57. The van der Waals surface area contributed by atoms with Crippen LogP contribution in [-0.4, -0.2) is 19.4 Å². The minimum atomic E-state index is 0.558. The molecule has 0 fully saturated rings. The molecule has 2 rings (SSSR count). The van der Waals surface area contributed by atoms with Crippen molar-refractivity contribution in [1.29, 1.82) is 0 Å². The van der Waals surface area contributed by atoms with Crippen LogP contribution in [0.4, 0.5) is 5.69 Å². The number of hydrogen-bond acceptors (Lipinski definition) is 4. The highest BCUT2D eigenvalue weighted by atomic mass is 35.5. The van der Waals surface area contributed by atoms with Crippen molar-refractivity contribution in [3.63, 3.8) is 0 Å². The summed E-state index contributed by atoms with van der Waals surface area (Å²) >= 11 is 6.31. The van der Waals surface area contributed by atoms with Crippen LogP contribution in [0.15, 0.2) is 47.6 Å². The van der Waals surface area contributed by atoms with Crippen molar-refractivity contribution in [3.05, 3.63) is 53.1 Å². The second-order valence-corrected chi connectivity index (χ2v) is 5.25. The largest absolute Gasteiger partial charge is 0.490 e. The Labute approximate surface area is 142 Å². The third-order valence-corrected chi connectivity index (χ3v) is 3.32. The Morgan fingerprint density at radius 3 is 2.52 bits per heavy atom. The lowest BCUT2D eigenvalue weighted by molar-refractivity contribution is 0.277. The highest BCUT2D eigenvalue weighted by molar-refractivity contribution is 6.33. The molecular formula is C18H21ClN2O2. The number of rotatable bonds is 8. The molecule has 0 atom stereocenters. The lowest BCUT2D eigenvalue weighted by atomic mass is 10.2.